The van der Waals surface area contributed by atoms with Gasteiger partial charge in [0, 0.05) is 12.1 Å². The Kier molecular flexibility index (Phi) is 6.65. The molecule has 1 aliphatic carbocycles. The van der Waals surface area contributed by atoms with Crippen LogP contribution >= 0.6 is 0 Å². The Morgan fingerprint density at radius 2 is 1.76 bits per heavy atom. The quantitative estimate of drug-likeness (QED) is 0.536. The second-order valence-corrected chi connectivity index (χ2v) is 9.91. The number of ether oxygens (including phenoxy) is 1. The van der Waals surface area contributed by atoms with Gasteiger partial charge in [0.2, 0.25) is 0 Å². The Bertz CT molecular complexity index is 680. The number of amides is 4. The number of carbonyl (C=O) groups is 4. The van der Waals surface area contributed by atoms with Crippen LogP contribution in [-0.4, -0.2) is 64.4 Å². The van der Waals surface area contributed by atoms with Crippen LogP contribution in [0, 0.1) is 11.3 Å². The standard InChI is InChI=1S/C21H35N3O5/c1-13(2)24(14(3)4)16(25)11-29-17(26)10-23-18(27)21(22-19(23)28)9-15(5)8-20(6,7)12-21/h13-15H,8-12H2,1-7H3,(H,22,28)/t15-,21-/m1/s1. The first-order valence-electron chi connectivity index (χ1n) is 10.4. The molecule has 1 N–H and O–H groups in total. The van der Waals surface area contributed by atoms with Gasteiger partial charge in [-0.3, -0.25) is 19.3 Å². The molecule has 0 bridgehead atoms. The molecule has 1 spiro atoms. The SMILES string of the molecule is CC(C)N(C(=O)COC(=O)CN1C(=O)N[C@@]2(C[C@H](C)CC(C)(C)C2)C1=O)C(C)C. The van der Waals surface area contributed by atoms with E-state index in [1.54, 1.807) is 4.90 Å². The van der Waals surface area contributed by atoms with E-state index in [4.69, 9.17) is 4.74 Å². The summed E-state index contributed by atoms with van der Waals surface area (Å²) in [6, 6.07) is -0.624. The smallest absolute Gasteiger partial charge is 0.326 e. The van der Waals surface area contributed by atoms with Gasteiger partial charge >= 0.3 is 12.0 Å². The molecule has 8 nitrogen and oxygen atoms in total. The minimum absolute atomic E-state index is 0.0244. The van der Waals surface area contributed by atoms with E-state index < -0.39 is 30.7 Å². The van der Waals surface area contributed by atoms with Crippen molar-refractivity contribution >= 4 is 23.8 Å². The average molecular weight is 410 g/mol. The van der Waals surface area contributed by atoms with Crippen LogP contribution in [0.5, 0.6) is 0 Å². The highest BCUT2D eigenvalue weighted by Crippen LogP contribution is 2.46. The molecule has 29 heavy (non-hydrogen) atoms. The molecule has 0 aromatic heterocycles. The van der Waals surface area contributed by atoms with Gasteiger partial charge < -0.3 is 15.0 Å². The summed E-state index contributed by atoms with van der Waals surface area (Å²) in [5.74, 6) is -1.17. The first kappa shape index (κ1) is 23.2. The third kappa shape index (κ3) is 5.08. The summed E-state index contributed by atoms with van der Waals surface area (Å²) in [6.45, 7) is 12.9. The van der Waals surface area contributed by atoms with Crippen molar-refractivity contribution in [3.8, 4) is 0 Å². The molecule has 2 rings (SSSR count). The van der Waals surface area contributed by atoms with Crippen LogP contribution in [0.4, 0.5) is 4.79 Å². The predicted octanol–water partition coefficient (Wildman–Crippen LogP) is 2.31. The van der Waals surface area contributed by atoms with Crippen LogP contribution in [0.1, 0.15) is 67.7 Å². The molecule has 1 saturated heterocycles. The zero-order valence-electron chi connectivity index (χ0n) is 18.7. The summed E-state index contributed by atoms with van der Waals surface area (Å²) in [5, 5.41) is 2.83. The second-order valence-electron chi connectivity index (χ2n) is 9.91. The van der Waals surface area contributed by atoms with Crippen molar-refractivity contribution in [1.82, 2.24) is 15.1 Å². The number of carbonyl (C=O) groups excluding carboxylic acids is 4. The topological polar surface area (TPSA) is 96.0 Å². The fourth-order valence-electron chi connectivity index (χ4n) is 5.21. The highest BCUT2D eigenvalue weighted by atomic mass is 16.5. The van der Waals surface area contributed by atoms with Crippen LogP contribution in [0.25, 0.3) is 0 Å². The number of imide groups is 1. The maximum atomic E-state index is 13.0. The number of nitrogens with one attached hydrogen (secondary N) is 1. The summed E-state index contributed by atoms with van der Waals surface area (Å²) in [4.78, 5) is 52.6. The van der Waals surface area contributed by atoms with E-state index in [0.717, 1.165) is 11.3 Å². The minimum atomic E-state index is -0.958. The molecule has 1 saturated carbocycles. The maximum Gasteiger partial charge on any atom is 0.326 e. The van der Waals surface area contributed by atoms with Gasteiger partial charge in [0.05, 0.1) is 0 Å². The third-order valence-electron chi connectivity index (χ3n) is 5.67. The summed E-state index contributed by atoms with van der Waals surface area (Å²) >= 11 is 0. The van der Waals surface area contributed by atoms with Crippen molar-refractivity contribution in [2.45, 2.75) is 85.4 Å². The van der Waals surface area contributed by atoms with Gasteiger partial charge in [-0.15, -0.1) is 0 Å². The van der Waals surface area contributed by atoms with Crippen LogP contribution in [0.15, 0.2) is 0 Å². The Hall–Kier alpha value is -2.12. The first-order chi connectivity index (χ1) is 13.3. The number of nitrogens with zero attached hydrogens (tertiary/aromatic N) is 2. The number of urea groups is 1. The molecule has 2 fully saturated rings. The van der Waals surface area contributed by atoms with Gasteiger partial charge in [0.1, 0.15) is 12.1 Å². The fraction of sp³-hybridized carbons (Fsp3) is 0.810. The van der Waals surface area contributed by atoms with E-state index in [0.29, 0.717) is 12.8 Å². The molecule has 0 radical (unpaired) electrons. The third-order valence-corrected chi connectivity index (χ3v) is 5.67. The molecule has 4 amide bonds. The second kappa shape index (κ2) is 8.32. The summed E-state index contributed by atoms with van der Waals surface area (Å²) < 4.78 is 5.08. The van der Waals surface area contributed by atoms with Crippen molar-refractivity contribution in [2.75, 3.05) is 13.2 Å². The molecule has 2 atom stereocenters. The molecule has 8 heteroatoms. The lowest BCUT2D eigenvalue weighted by atomic mass is 9.64. The average Bonchev–Trinajstić information content (AvgIpc) is 2.73. The van der Waals surface area contributed by atoms with E-state index in [-0.39, 0.29) is 35.2 Å². The molecule has 2 aliphatic rings. The molecule has 164 valence electrons. The highest BCUT2D eigenvalue weighted by molar-refractivity contribution is 6.08. The fourth-order valence-corrected chi connectivity index (χ4v) is 5.21. The number of hydrogen-bond donors (Lipinski definition) is 1. The molecule has 0 aromatic rings. The minimum Gasteiger partial charge on any atom is -0.454 e. The molecular weight excluding hydrogens is 374 g/mol. The van der Waals surface area contributed by atoms with Gasteiger partial charge in [0.15, 0.2) is 6.61 Å². The Morgan fingerprint density at radius 1 is 1.17 bits per heavy atom. The van der Waals surface area contributed by atoms with Gasteiger partial charge in [-0.1, -0.05) is 20.8 Å². The molecule has 0 aromatic carbocycles. The largest absolute Gasteiger partial charge is 0.454 e. The van der Waals surface area contributed by atoms with Crippen molar-refractivity contribution in [2.24, 2.45) is 11.3 Å². The van der Waals surface area contributed by atoms with Crippen molar-refractivity contribution < 1.29 is 23.9 Å². The number of rotatable bonds is 6. The van der Waals surface area contributed by atoms with Gasteiger partial charge in [-0.05, 0) is 58.3 Å². The molecule has 1 aliphatic heterocycles. The Morgan fingerprint density at radius 3 is 2.28 bits per heavy atom. The number of esters is 1. The predicted molar refractivity (Wildman–Crippen MR) is 108 cm³/mol. The van der Waals surface area contributed by atoms with Crippen molar-refractivity contribution in [3.63, 3.8) is 0 Å². The van der Waals surface area contributed by atoms with Gasteiger partial charge in [0.25, 0.3) is 11.8 Å². The Balaban J connectivity index is 2.00. The van der Waals surface area contributed by atoms with Crippen molar-refractivity contribution in [3.05, 3.63) is 0 Å². The lowest BCUT2D eigenvalue weighted by molar-refractivity contribution is -0.155. The van der Waals surface area contributed by atoms with E-state index in [1.165, 1.54) is 0 Å². The van der Waals surface area contributed by atoms with E-state index in [2.05, 4.69) is 26.1 Å². The summed E-state index contributed by atoms with van der Waals surface area (Å²) in [5.41, 5.74) is -1.04. The normalized spacial score (nSPS) is 26.2. The maximum absolute atomic E-state index is 13.0. The molecule has 0 unspecified atom stereocenters. The molecule has 1 heterocycles. The van der Waals surface area contributed by atoms with Crippen LogP contribution in [0.2, 0.25) is 0 Å². The van der Waals surface area contributed by atoms with E-state index in [1.807, 2.05) is 27.7 Å². The van der Waals surface area contributed by atoms with Crippen LogP contribution < -0.4 is 5.32 Å². The molecular formula is C21H35N3O5. The van der Waals surface area contributed by atoms with E-state index >= 15 is 0 Å². The zero-order chi connectivity index (χ0) is 22.1. The zero-order valence-corrected chi connectivity index (χ0v) is 18.7. The lowest BCUT2D eigenvalue weighted by Gasteiger charge is -2.43. The van der Waals surface area contributed by atoms with Gasteiger partial charge in [-0.25, -0.2) is 4.79 Å². The summed E-state index contributed by atoms with van der Waals surface area (Å²) in [7, 11) is 0. The van der Waals surface area contributed by atoms with E-state index in [9.17, 15) is 19.2 Å². The first-order valence-corrected chi connectivity index (χ1v) is 10.4. The monoisotopic (exact) mass is 409 g/mol. The van der Waals surface area contributed by atoms with Crippen molar-refractivity contribution in [1.29, 1.82) is 0 Å². The van der Waals surface area contributed by atoms with Crippen LogP contribution in [-0.2, 0) is 19.1 Å². The number of hydrogen-bond acceptors (Lipinski definition) is 5. The lowest BCUT2D eigenvalue weighted by Crippen LogP contribution is -2.54. The highest BCUT2D eigenvalue weighted by Gasteiger charge is 2.56. The van der Waals surface area contributed by atoms with Gasteiger partial charge in [-0.2, -0.15) is 0 Å². The summed E-state index contributed by atoms with van der Waals surface area (Å²) in [6.07, 6.45) is 2.07. The van der Waals surface area contributed by atoms with Crippen LogP contribution in [0.3, 0.4) is 0 Å². The Labute approximate surface area is 173 Å².